The zero-order chi connectivity index (χ0) is 14.7. The molecule has 0 fully saturated rings. The Morgan fingerprint density at radius 2 is 1.85 bits per heavy atom. The Hall–Kier alpha value is -2.20. The van der Waals surface area contributed by atoms with E-state index in [0.717, 1.165) is 0 Å². The van der Waals surface area contributed by atoms with Crippen molar-refractivity contribution in [3.05, 3.63) is 47.0 Å². The first-order chi connectivity index (χ1) is 9.58. The number of carbonyl (C=O) groups is 1. The van der Waals surface area contributed by atoms with Crippen molar-refractivity contribution in [3.8, 4) is 22.6 Å². The van der Waals surface area contributed by atoms with Crippen LogP contribution in [0.15, 0.2) is 36.4 Å². The average Bonchev–Trinajstić information content (AvgIpc) is 2.45. The van der Waals surface area contributed by atoms with Gasteiger partial charge >= 0.3 is 5.97 Å². The summed E-state index contributed by atoms with van der Waals surface area (Å²) >= 11 is 5.99. The summed E-state index contributed by atoms with van der Waals surface area (Å²) in [5.41, 5.74) is 1.15. The first-order valence-corrected chi connectivity index (χ1v) is 6.20. The molecule has 0 aliphatic carbocycles. The smallest absolute Gasteiger partial charge is 0.337 e. The Morgan fingerprint density at radius 1 is 1.10 bits per heavy atom. The van der Waals surface area contributed by atoms with Gasteiger partial charge in [0.05, 0.1) is 24.8 Å². The van der Waals surface area contributed by atoms with E-state index in [1.165, 1.54) is 7.11 Å². The summed E-state index contributed by atoms with van der Waals surface area (Å²) in [5, 5.41) is 9.52. The number of hydrogen-bond acceptors (Lipinski definition) is 3. The lowest BCUT2D eigenvalue weighted by Gasteiger charge is -2.13. The number of benzene rings is 2. The number of carboxylic acid groups (broad SMARTS) is 1. The third kappa shape index (κ3) is 2.56. The van der Waals surface area contributed by atoms with Gasteiger partial charge < -0.3 is 14.6 Å². The molecule has 0 aromatic heterocycles. The standard InChI is InChI=1S/C15H13ClO4/c1-19-9-6-7-13(20-2)11(8-9)10-4-3-5-12(16)14(10)15(17)18/h3-8H,1-2H3,(H,17,18). The van der Waals surface area contributed by atoms with Gasteiger partial charge in [0, 0.05) is 11.1 Å². The van der Waals surface area contributed by atoms with Gasteiger partial charge in [-0.15, -0.1) is 0 Å². The Morgan fingerprint density at radius 3 is 2.45 bits per heavy atom. The Balaban J connectivity index is 2.73. The van der Waals surface area contributed by atoms with Crippen LogP contribution in [0.1, 0.15) is 10.4 Å². The highest BCUT2D eigenvalue weighted by Gasteiger charge is 2.18. The quantitative estimate of drug-likeness (QED) is 0.933. The molecule has 0 atom stereocenters. The van der Waals surface area contributed by atoms with Gasteiger partial charge in [0.15, 0.2) is 0 Å². The maximum absolute atomic E-state index is 11.4. The van der Waals surface area contributed by atoms with E-state index in [1.54, 1.807) is 43.5 Å². The first-order valence-electron chi connectivity index (χ1n) is 5.82. The Kier molecular flexibility index (Phi) is 4.15. The predicted octanol–water partition coefficient (Wildman–Crippen LogP) is 3.72. The zero-order valence-corrected chi connectivity index (χ0v) is 11.8. The van der Waals surface area contributed by atoms with Gasteiger partial charge in [0.1, 0.15) is 11.5 Å². The van der Waals surface area contributed by atoms with Gasteiger partial charge in [-0.25, -0.2) is 4.79 Å². The molecule has 0 bridgehead atoms. The van der Waals surface area contributed by atoms with Gasteiger partial charge in [0.25, 0.3) is 0 Å². The monoisotopic (exact) mass is 292 g/mol. The van der Waals surface area contributed by atoms with Crippen LogP contribution < -0.4 is 9.47 Å². The molecule has 2 aromatic carbocycles. The summed E-state index contributed by atoms with van der Waals surface area (Å²) in [5.74, 6) is 0.0724. The fraction of sp³-hybridized carbons (Fsp3) is 0.133. The van der Waals surface area contributed by atoms with Crippen molar-refractivity contribution in [2.45, 2.75) is 0 Å². The van der Waals surface area contributed by atoms with Crippen LogP contribution in [-0.4, -0.2) is 25.3 Å². The highest BCUT2D eigenvalue weighted by molar-refractivity contribution is 6.34. The molecule has 4 nitrogen and oxygen atoms in total. The molecule has 0 radical (unpaired) electrons. The van der Waals surface area contributed by atoms with E-state index in [1.807, 2.05) is 0 Å². The normalized spacial score (nSPS) is 10.2. The molecule has 0 aliphatic rings. The molecule has 0 saturated heterocycles. The number of methoxy groups -OCH3 is 2. The summed E-state index contributed by atoms with van der Waals surface area (Å²) in [6.07, 6.45) is 0. The molecule has 0 aliphatic heterocycles. The maximum Gasteiger partial charge on any atom is 0.337 e. The van der Waals surface area contributed by atoms with Crippen LogP contribution in [0, 0.1) is 0 Å². The molecule has 1 N–H and O–H groups in total. The van der Waals surface area contributed by atoms with E-state index in [9.17, 15) is 9.90 Å². The van der Waals surface area contributed by atoms with Crippen LogP contribution in [-0.2, 0) is 0 Å². The average molecular weight is 293 g/mol. The van der Waals surface area contributed by atoms with Crippen LogP contribution in [0.5, 0.6) is 11.5 Å². The second kappa shape index (κ2) is 5.84. The molecule has 0 heterocycles. The minimum atomic E-state index is -1.09. The Bertz CT molecular complexity index is 652. The first kappa shape index (κ1) is 14.2. The van der Waals surface area contributed by atoms with Crippen molar-refractivity contribution >= 4 is 17.6 Å². The highest BCUT2D eigenvalue weighted by Crippen LogP contribution is 2.37. The molecular weight excluding hydrogens is 280 g/mol. The Labute approximate surface area is 121 Å². The minimum absolute atomic E-state index is 0.0423. The third-order valence-corrected chi connectivity index (χ3v) is 3.24. The highest BCUT2D eigenvalue weighted by atomic mass is 35.5. The number of aromatic carboxylic acids is 1. The molecular formula is C15H13ClO4. The maximum atomic E-state index is 11.4. The molecule has 20 heavy (non-hydrogen) atoms. The van der Waals surface area contributed by atoms with E-state index >= 15 is 0 Å². The third-order valence-electron chi connectivity index (χ3n) is 2.92. The van der Waals surface area contributed by atoms with E-state index in [4.69, 9.17) is 21.1 Å². The van der Waals surface area contributed by atoms with Crippen molar-refractivity contribution in [2.75, 3.05) is 14.2 Å². The van der Waals surface area contributed by atoms with Crippen molar-refractivity contribution in [1.29, 1.82) is 0 Å². The summed E-state index contributed by atoms with van der Waals surface area (Å²) < 4.78 is 10.5. The van der Waals surface area contributed by atoms with Crippen molar-refractivity contribution in [1.82, 2.24) is 0 Å². The van der Waals surface area contributed by atoms with Gasteiger partial charge in [-0.05, 0) is 24.3 Å². The fourth-order valence-corrected chi connectivity index (χ4v) is 2.25. The number of hydrogen-bond donors (Lipinski definition) is 1. The van der Waals surface area contributed by atoms with E-state index in [0.29, 0.717) is 22.6 Å². The van der Waals surface area contributed by atoms with Crippen LogP contribution >= 0.6 is 11.6 Å². The predicted molar refractivity (Wildman–Crippen MR) is 77.0 cm³/mol. The molecule has 5 heteroatoms. The lowest BCUT2D eigenvalue weighted by Crippen LogP contribution is -2.02. The summed E-state index contributed by atoms with van der Waals surface area (Å²) in [4.78, 5) is 11.4. The summed E-state index contributed by atoms with van der Waals surface area (Å²) in [6.45, 7) is 0. The zero-order valence-electron chi connectivity index (χ0n) is 11.0. The second-order valence-corrected chi connectivity index (χ2v) is 4.44. The molecule has 0 spiro atoms. The second-order valence-electron chi connectivity index (χ2n) is 4.03. The molecule has 104 valence electrons. The van der Waals surface area contributed by atoms with Crippen LogP contribution in [0.2, 0.25) is 5.02 Å². The van der Waals surface area contributed by atoms with Crippen LogP contribution in [0.3, 0.4) is 0 Å². The molecule has 2 rings (SSSR count). The van der Waals surface area contributed by atoms with Crippen molar-refractivity contribution in [2.24, 2.45) is 0 Å². The van der Waals surface area contributed by atoms with Crippen LogP contribution in [0.25, 0.3) is 11.1 Å². The van der Waals surface area contributed by atoms with E-state index < -0.39 is 5.97 Å². The summed E-state index contributed by atoms with van der Waals surface area (Å²) in [6, 6.07) is 10.1. The van der Waals surface area contributed by atoms with Crippen LogP contribution in [0.4, 0.5) is 0 Å². The lowest BCUT2D eigenvalue weighted by molar-refractivity contribution is 0.0698. The lowest BCUT2D eigenvalue weighted by atomic mass is 9.98. The van der Waals surface area contributed by atoms with E-state index in [2.05, 4.69) is 0 Å². The van der Waals surface area contributed by atoms with Gasteiger partial charge in [-0.3, -0.25) is 0 Å². The number of ether oxygens (including phenoxy) is 2. The van der Waals surface area contributed by atoms with Gasteiger partial charge in [-0.1, -0.05) is 23.7 Å². The van der Waals surface area contributed by atoms with Gasteiger partial charge in [-0.2, -0.15) is 0 Å². The molecule has 2 aromatic rings. The fourth-order valence-electron chi connectivity index (χ4n) is 1.99. The number of rotatable bonds is 4. The number of halogens is 1. The minimum Gasteiger partial charge on any atom is -0.497 e. The molecule has 0 amide bonds. The summed E-state index contributed by atoms with van der Waals surface area (Å²) in [7, 11) is 3.07. The molecule has 0 saturated carbocycles. The number of carboxylic acids is 1. The largest absolute Gasteiger partial charge is 0.497 e. The topological polar surface area (TPSA) is 55.8 Å². The molecule has 0 unspecified atom stereocenters. The van der Waals surface area contributed by atoms with Gasteiger partial charge in [0.2, 0.25) is 0 Å². The SMILES string of the molecule is COc1ccc(OC)c(-c2cccc(Cl)c2C(=O)O)c1. The van der Waals surface area contributed by atoms with Crippen molar-refractivity contribution < 1.29 is 19.4 Å². The van der Waals surface area contributed by atoms with E-state index in [-0.39, 0.29) is 10.6 Å². The van der Waals surface area contributed by atoms with Crippen molar-refractivity contribution in [3.63, 3.8) is 0 Å².